The summed E-state index contributed by atoms with van der Waals surface area (Å²) < 4.78 is 0. The lowest BCUT2D eigenvalue weighted by molar-refractivity contribution is 0.469. The first kappa shape index (κ1) is 12.0. The van der Waals surface area contributed by atoms with E-state index >= 15 is 0 Å². The molecule has 0 fully saturated rings. The summed E-state index contributed by atoms with van der Waals surface area (Å²) in [6, 6.07) is 8.50. The third-order valence-corrected chi connectivity index (χ3v) is 2.81. The maximum atomic E-state index is 9.64. The molecule has 0 bridgehead atoms. The van der Waals surface area contributed by atoms with E-state index in [1.165, 1.54) is 0 Å². The number of aromatic nitrogens is 1. The number of rotatable bonds is 3. The molecule has 0 aliphatic heterocycles. The van der Waals surface area contributed by atoms with Crippen LogP contribution in [0.5, 0.6) is 5.75 Å². The van der Waals surface area contributed by atoms with E-state index in [9.17, 15) is 5.11 Å². The van der Waals surface area contributed by atoms with E-state index in [1.807, 2.05) is 6.07 Å². The molecule has 5 heteroatoms. The summed E-state index contributed by atoms with van der Waals surface area (Å²) in [6.07, 6.45) is 1.62. The molecule has 1 aromatic heterocycles. The Morgan fingerprint density at radius 2 is 2.06 bits per heavy atom. The second-order valence-corrected chi connectivity index (χ2v) is 4.26. The molecule has 0 aliphatic carbocycles. The molecule has 2 N–H and O–H groups in total. The molecule has 0 saturated heterocycles. The first-order chi connectivity index (χ1) is 8.16. The van der Waals surface area contributed by atoms with Crippen LogP contribution in [0.1, 0.15) is 5.56 Å². The van der Waals surface area contributed by atoms with Gasteiger partial charge in [-0.2, -0.15) is 0 Å². The molecular weight excluding hydrogens is 259 g/mol. The number of phenolic OH excluding ortho intramolecular Hbond substituents is 1. The number of phenols is 1. The predicted octanol–water partition coefficient (Wildman–Crippen LogP) is 3.71. The number of pyridine rings is 1. The molecule has 0 atom stereocenters. The summed E-state index contributed by atoms with van der Waals surface area (Å²) in [7, 11) is 0. The molecular formula is C12H10Cl2N2O. The average molecular weight is 269 g/mol. The van der Waals surface area contributed by atoms with Crippen LogP contribution < -0.4 is 5.32 Å². The van der Waals surface area contributed by atoms with Crippen molar-refractivity contribution in [3.63, 3.8) is 0 Å². The molecule has 1 heterocycles. The minimum Gasteiger partial charge on any atom is -0.508 e. The minimum atomic E-state index is 0.196. The highest BCUT2D eigenvalue weighted by Gasteiger charge is 2.04. The fraction of sp³-hybridized carbons (Fsp3) is 0.0833. The Bertz CT molecular complexity index is 532. The van der Waals surface area contributed by atoms with Crippen molar-refractivity contribution in [2.75, 3.05) is 5.32 Å². The van der Waals surface area contributed by atoms with Gasteiger partial charge < -0.3 is 10.4 Å². The average Bonchev–Trinajstić information content (AvgIpc) is 2.32. The quantitative estimate of drug-likeness (QED) is 0.835. The number of benzene rings is 1. The Kier molecular flexibility index (Phi) is 3.71. The number of nitrogens with zero attached hydrogens (tertiary/aromatic N) is 1. The van der Waals surface area contributed by atoms with Crippen LogP contribution in [0.4, 0.5) is 5.69 Å². The number of anilines is 1. The standard InChI is InChI=1S/C12H10Cl2N2O/c13-9-3-4-11(17)8(6-9)7-16-10-2-1-5-15-12(10)14/h1-6,16-17H,7H2. The van der Waals surface area contributed by atoms with E-state index in [1.54, 1.807) is 30.5 Å². The molecule has 0 saturated carbocycles. The summed E-state index contributed by atoms with van der Waals surface area (Å²) in [5.41, 5.74) is 1.42. The Balaban J connectivity index is 2.12. The third kappa shape index (κ3) is 3.02. The fourth-order valence-corrected chi connectivity index (χ4v) is 1.78. The van der Waals surface area contributed by atoms with Crippen LogP contribution in [0.2, 0.25) is 10.2 Å². The van der Waals surface area contributed by atoms with Gasteiger partial charge in [0.25, 0.3) is 0 Å². The first-order valence-corrected chi connectivity index (χ1v) is 5.74. The topological polar surface area (TPSA) is 45.1 Å². The first-order valence-electron chi connectivity index (χ1n) is 4.98. The van der Waals surface area contributed by atoms with Crippen LogP contribution in [0.25, 0.3) is 0 Å². The Hall–Kier alpha value is -1.45. The second kappa shape index (κ2) is 5.25. The highest BCUT2D eigenvalue weighted by molar-refractivity contribution is 6.32. The number of halogens is 2. The van der Waals surface area contributed by atoms with E-state index in [4.69, 9.17) is 23.2 Å². The van der Waals surface area contributed by atoms with Crippen molar-refractivity contribution < 1.29 is 5.11 Å². The third-order valence-electron chi connectivity index (χ3n) is 2.27. The molecule has 0 spiro atoms. The Labute approximate surface area is 109 Å². The van der Waals surface area contributed by atoms with Crippen molar-refractivity contribution in [1.82, 2.24) is 4.98 Å². The fourth-order valence-electron chi connectivity index (χ4n) is 1.40. The van der Waals surface area contributed by atoms with Gasteiger partial charge in [0, 0.05) is 23.3 Å². The molecule has 2 aromatic rings. The smallest absolute Gasteiger partial charge is 0.152 e. The summed E-state index contributed by atoms with van der Waals surface area (Å²) in [5.74, 6) is 0.196. The molecule has 0 amide bonds. The minimum absolute atomic E-state index is 0.196. The van der Waals surface area contributed by atoms with Crippen LogP contribution >= 0.6 is 23.2 Å². The van der Waals surface area contributed by atoms with Crippen LogP contribution in [0, 0.1) is 0 Å². The monoisotopic (exact) mass is 268 g/mol. The van der Waals surface area contributed by atoms with Gasteiger partial charge in [-0.15, -0.1) is 0 Å². The molecule has 0 unspecified atom stereocenters. The van der Waals surface area contributed by atoms with Gasteiger partial charge in [-0.3, -0.25) is 0 Å². The van der Waals surface area contributed by atoms with Crippen molar-refractivity contribution in [2.45, 2.75) is 6.54 Å². The van der Waals surface area contributed by atoms with Gasteiger partial charge in [-0.05, 0) is 30.3 Å². The molecule has 2 rings (SSSR count). The summed E-state index contributed by atoms with van der Waals surface area (Å²) in [6.45, 7) is 0.428. The van der Waals surface area contributed by atoms with Crippen molar-refractivity contribution in [3.05, 3.63) is 52.3 Å². The molecule has 17 heavy (non-hydrogen) atoms. The maximum absolute atomic E-state index is 9.64. The molecule has 88 valence electrons. The highest BCUT2D eigenvalue weighted by Crippen LogP contribution is 2.24. The zero-order chi connectivity index (χ0) is 12.3. The molecule has 0 aliphatic rings. The van der Waals surface area contributed by atoms with Crippen LogP contribution in [0.3, 0.4) is 0 Å². The number of aromatic hydroxyl groups is 1. The van der Waals surface area contributed by atoms with Crippen LogP contribution in [-0.4, -0.2) is 10.1 Å². The van der Waals surface area contributed by atoms with Crippen LogP contribution in [0.15, 0.2) is 36.5 Å². The Morgan fingerprint density at radius 3 is 2.82 bits per heavy atom. The lowest BCUT2D eigenvalue weighted by Crippen LogP contribution is -2.00. The van der Waals surface area contributed by atoms with Crippen molar-refractivity contribution >= 4 is 28.9 Å². The molecule has 0 radical (unpaired) electrons. The van der Waals surface area contributed by atoms with Gasteiger partial charge in [0.15, 0.2) is 5.15 Å². The summed E-state index contributed by atoms with van der Waals surface area (Å²) >= 11 is 11.8. The van der Waals surface area contributed by atoms with E-state index in [-0.39, 0.29) is 5.75 Å². The highest BCUT2D eigenvalue weighted by atomic mass is 35.5. The number of hydrogen-bond acceptors (Lipinski definition) is 3. The van der Waals surface area contributed by atoms with E-state index < -0.39 is 0 Å². The Morgan fingerprint density at radius 1 is 1.24 bits per heavy atom. The van der Waals surface area contributed by atoms with Crippen molar-refractivity contribution in [3.8, 4) is 5.75 Å². The normalized spacial score (nSPS) is 10.2. The summed E-state index contributed by atoms with van der Waals surface area (Å²) in [4.78, 5) is 3.95. The van der Waals surface area contributed by atoms with Gasteiger partial charge in [0.05, 0.1) is 5.69 Å². The molecule has 3 nitrogen and oxygen atoms in total. The number of nitrogens with one attached hydrogen (secondary N) is 1. The van der Waals surface area contributed by atoms with Crippen LogP contribution in [-0.2, 0) is 6.54 Å². The van der Waals surface area contributed by atoms with Gasteiger partial charge >= 0.3 is 0 Å². The van der Waals surface area contributed by atoms with Gasteiger partial charge in [-0.1, -0.05) is 23.2 Å². The van der Waals surface area contributed by atoms with E-state index in [0.29, 0.717) is 28.0 Å². The largest absolute Gasteiger partial charge is 0.508 e. The van der Waals surface area contributed by atoms with E-state index in [2.05, 4.69) is 10.3 Å². The van der Waals surface area contributed by atoms with Gasteiger partial charge in [-0.25, -0.2) is 4.98 Å². The molecule has 1 aromatic carbocycles. The lowest BCUT2D eigenvalue weighted by atomic mass is 10.2. The zero-order valence-electron chi connectivity index (χ0n) is 8.82. The predicted molar refractivity (Wildman–Crippen MR) is 69.7 cm³/mol. The van der Waals surface area contributed by atoms with Gasteiger partial charge in [0.2, 0.25) is 0 Å². The SMILES string of the molecule is Oc1ccc(Cl)cc1CNc1cccnc1Cl. The second-order valence-electron chi connectivity index (χ2n) is 3.47. The maximum Gasteiger partial charge on any atom is 0.152 e. The lowest BCUT2D eigenvalue weighted by Gasteiger charge is -2.09. The zero-order valence-corrected chi connectivity index (χ0v) is 10.3. The van der Waals surface area contributed by atoms with E-state index in [0.717, 1.165) is 0 Å². The summed E-state index contributed by atoms with van der Waals surface area (Å²) in [5, 5.41) is 13.7. The number of hydrogen-bond donors (Lipinski definition) is 2. The van der Waals surface area contributed by atoms with Crippen molar-refractivity contribution in [2.24, 2.45) is 0 Å². The van der Waals surface area contributed by atoms with Crippen molar-refractivity contribution in [1.29, 1.82) is 0 Å². The van der Waals surface area contributed by atoms with Gasteiger partial charge in [0.1, 0.15) is 5.75 Å².